The van der Waals surface area contributed by atoms with Gasteiger partial charge in [0.05, 0.1) is 5.69 Å². The van der Waals surface area contributed by atoms with Crippen LogP contribution >= 0.6 is 11.8 Å². The van der Waals surface area contributed by atoms with Crippen LogP contribution in [0.3, 0.4) is 0 Å². The van der Waals surface area contributed by atoms with E-state index < -0.39 is 16.2 Å². The van der Waals surface area contributed by atoms with Gasteiger partial charge in [0.15, 0.2) is 0 Å². The molecule has 0 saturated carbocycles. The third kappa shape index (κ3) is 2.42. The molecule has 1 aliphatic rings. The fourth-order valence-corrected chi connectivity index (χ4v) is 3.89. The van der Waals surface area contributed by atoms with Crippen LogP contribution in [-0.2, 0) is 10.0 Å². The molecule has 104 valence electrons. The lowest BCUT2D eigenvalue weighted by atomic mass is 10.1. The van der Waals surface area contributed by atoms with Gasteiger partial charge in [-0.05, 0) is 36.1 Å². The van der Waals surface area contributed by atoms with E-state index in [-0.39, 0.29) is 4.90 Å². The van der Waals surface area contributed by atoms with Crippen molar-refractivity contribution in [3.8, 4) is 0 Å². The minimum atomic E-state index is -3.47. The molecule has 0 amide bonds. The van der Waals surface area contributed by atoms with Crippen molar-refractivity contribution in [1.29, 1.82) is 0 Å². The summed E-state index contributed by atoms with van der Waals surface area (Å²) in [6.07, 6.45) is 1.57. The van der Waals surface area contributed by atoms with Crippen molar-refractivity contribution < 1.29 is 8.42 Å². The van der Waals surface area contributed by atoms with E-state index in [2.05, 4.69) is 10.0 Å². The quantitative estimate of drug-likeness (QED) is 0.838. The Morgan fingerprint density at radius 3 is 2.45 bits per heavy atom. The largest absolute Gasteiger partial charge is 0.364 e. The van der Waals surface area contributed by atoms with Gasteiger partial charge in [0, 0.05) is 4.90 Å². The highest BCUT2D eigenvalue weighted by Gasteiger charge is 2.29. The lowest BCUT2D eigenvalue weighted by molar-refractivity contribution is 0.562. The molecule has 1 heterocycles. The molecule has 0 unspecified atom stereocenters. The Bertz CT molecular complexity index is 727. The van der Waals surface area contributed by atoms with Crippen LogP contribution in [0.1, 0.15) is 11.7 Å². The number of hydrogen-bond donors (Lipinski definition) is 2. The van der Waals surface area contributed by atoms with Gasteiger partial charge >= 0.3 is 0 Å². The van der Waals surface area contributed by atoms with Crippen LogP contribution < -0.4 is 10.0 Å². The van der Waals surface area contributed by atoms with E-state index in [1.807, 2.05) is 36.6 Å². The van der Waals surface area contributed by atoms with Crippen LogP contribution in [0.15, 0.2) is 58.3 Å². The molecule has 1 aliphatic heterocycles. The molecule has 1 atom stereocenters. The van der Waals surface area contributed by atoms with Crippen molar-refractivity contribution in [3.63, 3.8) is 0 Å². The van der Waals surface area contributed by atoms with Crippen molar-refractivity contribution in [1.82, 2.24) is 4.72 Å². The van der Waals surface area contributed by atoms with Gasteiger partial charge in [0.1, 0.15) is 11.1 Å². The van der Waals surface area contributed by atoms with Crippen molar-refractivity contribution >= 4 is 27.5 Å². The van der Waals surface area contributed by atoms with Crippen LogP contribution in [0.2, 0.25) is 0 Å². The standard InChI is InChI=1S/C14H14N2O2S2/c1-19-11-8-6-10(7-9-11)14-15-12-4-2-3-5-13(12)20(17,18)16-14/h2-9,14-16H,1H3/t14-/m1/s1. The summed E-state index contributed by atoms with van der Waals surface area (Å²) in [4.78, 5) is 1.44. The van der Waals surface area contributed by atoms with Crippen LogP contribution in [0.5, 0.6) is 0 Å². The summed E-state index contributed by atoms with van der Waals surface area (Å²) in [6.45, 7) is 0. The predicted octanol–water partition coefficient (Wildman–Crippen LogP) is 2.81. The van der Waals surface area contributed by atoms with Gasteiger partial charge in [-0.25, -0.2) is 8.42 Å². The molecular weight excluding hydrogens is 292 g/mol. The topological polar surface area (TPSA) is 58.2 Å². The number of benzene rings is 2. The maximum Gasteiger partial charge on any atom is 0.244 e. The average molecular weight is 306 g/mol. The molecule has 20 heavy (non-hydrogen) atoms. The van der Waals surface area contributed by atoms with Crippen LogP contribution in [0.4, 0.5) is 5.69 Å². The number of rotatable bonds is 2. The van der Waals surface area contributed by atoms with E-state index in [4.69, 9.17) is 0 Å². The molecule has 3 rings (SSSR count). The second kappa shape index (κ2) is 5.12. The van der Waals surface area contributed by atoms with E-state index in [0.717, 1.165) is 10.5 Å². The predicted molar refractivity (Wildman–Crippen MR) is 81.4 cm³/mol. The zero-order valence-corrected chi connectivity index (χ0v) is 12.5. The molecule has 0 spiro atoms. The summed E-state index contributed by atoms with van der Waals surface area (Å²) < 4.78 is 27.1. The van der Waals surface area contributed by atoms with Gasteiger partial charge in [-0.1, -0.05) is 24.3 Å². The third-order valence-corrected chi connectivity index (χ3v) is 5.42. The molecule has 4 nitrogen and oxygen atoms in total. The Morgan fingerprint density at radius 2 is 1.75 bits per heavy atom. The zero-order chi connectivity index (χ0) is 14.2. The van der Waals surface area contributed by atoms with E-state index in [1.54, 1.807) is 30.0 Å². The first-order valence-electron chi connectivity index (χ1n) is 6.12. The van der Waals surface area contributed by atoms with E-state index in [9.17, 15) is 8.42 Å². The lowest BCUT2D eigenvalue weighted by Crippen LogP contribution is -2.38. The summed E-state index contributed by atoms with van der Waals surface area (Å²) in [5.41, 5.74) is 1.52. The van der Waals surface area contributed by atoms with E-state index >= 15 is 0 Å². The van der Waals surface area contributed by atoms with Crippen molar-refractivity contribution in [2.45, 2.75) is 16.0 Å². The summed E-state index contributed by atoms with van der Waals surface area (Å²) >= 11 is 1.65. The van der Waals surface area contributed by atoms with E-state index in [0.29, 0.717) is 5.69 Å². The minimum absolute atomic E-state index is 0.289. The Hall–Kier alpha value is -1.50. The smallest absolute Gasteiger partial charge is 0.244 e. The van der Waals surface area contributed by atoms with Gasteiger partial charge in [-0.3, -0.25) is 0 Å². The van der Waals surface area contributed by atoms with Gasteiger partial charge in [0.2, 0.25) is 10.0 Å². The molecule has 2 N–H and O–H groups in total. The highest BCUT2D eigenvalue weighted by atomic mass is 32.2. The lowest BCUT2D eigenvalue weighted by Gasteiger charge is -2.28. The van der Waals surface area contributed by atoms with Crippen LogP contribution in [0, 0.1) is 0 Å². The molecular formula is C14H14N2O2S2. The summed E-state index contributed by atoms with van der Waals surface area (Å²) in [5.74, 6) is 0. The molecule has 2 aromatic carbocycles. The number of sulfonamides is 1. The number of nitrogens with one attached hydrogen (secondary N) is 2. The molecule has 0 fully saturated rings. The Labute approximate surface area is 122 Å². The molecule has 0 aromatic heterocycles. The maximum atomic E-state index is 12.2. The highest BCUT2D eigenvalue weighted by molar-refractivity contribution is 7.98. The fraction of sp³-hybridized carbons (Fsp3) is 0.143. The highest BCUT2D eigenvalue weighted by Crippen LogP contribution is 2.31. The van der Waals surface area contributed by atoms with E-state index in [1.165, 1.54) is 0 Å². The molecule has 2 aromatic rings. The summed E-state index contributed by atoms with van der Waals surface area (Å²) in [5, 5.41) is 3.21. The number of thioether (sulfide) groups is 1. The normalized spacial score (nSPS) is 19.9. The first kappa shape index (κ1) is 13.5. The number of fused-ring (bicyclic) bond motifs is 1. The Balaban J connectivity index is 1.98. The minimum Gasteiger partial charge on any atom is -0.364 e. The van der Waals surface area contributed by atoms with Crippen LogP contribution in [-0.4, -0.2) is 14.7 Å². The van der Waals surface area contributed by atoms with Crippen molar-refractivity contribution in [2.75, 3.05) is 11.6 Å². The first-order chi connectivity index (χ1) is 9.60. The summed E-state index contributed by atoms with van der Waals surface area (Å²) in [7, 11) is -3.47. The van der Waals surface area contributed by atoms with Gasteiger partial charge in [-0.15, -0.1) is 11.8 Å². The van der Waals surface area contributed by atoms with Gasteiger partial charge in [0.25, 0.3) is 0 Å². The molecule has 6 heteroatoms. The molecule has 0 saturated heterocycles. The number of hydrogen-bond acceptors (Lipinski definition) is 4. The van der Waals surface area contributed by atoms with Gasteiger partial charge in [-0.2, -0.15) is 4.72 Å². The molecule has 0 bridgehead atoms. The SMILES string of the molecule is CSc1ccc([C@@H]2Nc3ccccc3S(=O)(=O)N2)cc1. The second-order valence-electron chi connectivity index (χ2n) is 4.47. The summed E-state index contributed by atoms with van der Waals surface area (Å²) in [6, 6.07) is 14.7. The third-order valence-electron chi connectivity index (χ3n) is 3.20. The first-order valence-corrected chi connectivity index (χ1v) is 8.83. The number of anilines is 1. The Morgan fingerprint density at radius 1 is 1.05 bits per heavy atom. The van der Waals surface area contributed by atoms with Crippen LogP contribution in [0.25, 0.3) is 0 Å². The van der Waals surface area contributed by atoms with Gasteiger partial charge < -0.3 is 5.32 Å². The molecule has 0 radical (unpaired) electrons. The number of para-hydroxylation sites is 1. The van der Waals surface area contributed by atoms with Crippen molar-refractivity contribution in [2.24, 2.45) is 0 Å². The Kier molecular flexibility index (Phi) is 3.45. The zero-order valence-electron chi connectivity index (χ0n) is 10.8. The van der Waals surface area contributed by atoms with Crippen molar-refractivity contribution in [3.05, 3.63) is 54.1 Å². The maximum absolute atomic E-state index is 12.2. The molecule has 0 aliphatic carbocycles. The second-order valence-corrected chi connectivity index (χ2v) is 7.03. The fourth-order valence-electron chi connectivity index (χ4n) is 2.17. The average Bonchev–Trinajstić information content (AvgIpc) is 2.47. The monoisotopic (exact) mass is 306 g/mol.